The number of H-pyrrole nitrogens is 1. The highest BCUT2D eigenvalue weighted by atomic mass is 19.2. The molecule has 1 heterocycles. The van der Waals surface area contributed by atoms with Gasteiger partial charge in [-0.3, -0.25) is 4.79 Å². The molecule has 2 aromatic rings. The van der Waals surface area contributed by atoms with Crippen LogP contribution in [0.4, 0.5) is 13.2 Å². The lowest BCUT2D eigenvalue weighted by Gasteiger charge is -2.07. The van der Waals surface area contributed by atoms with Gasteiger partial charge in [-0.25, -0.2) is 13.2 Å². The van der Waals surface area contributed by atoms with E-state index < -0.39 is 28.3 Å². The third-order valence-electron chi connectivity index (χ3n) is 2.79. The molecular formula is C12H10F3NO. The smallest absolute Gasteiger partial charge is 0.195 e. The number of pyridine rings is 1. The molecule has 17 heavy (non-hydrogen) atoms. The molecule has 0 radical (unpaired) electrons. The van der Waals surface area contributed by atoms with E-state index in [1.807, 2.05) is 0 Å². The first-order valence-electron chi connectivity index (χ1n) is 5.16. The Morgan fingerprint density at radius 3 is 2.47 bits per heavy atom. The monoisotopic (exact) mass is 241 g/mol. The van der Waals surface area contributed by atoms with E-state index >= 15 is 0 Å². The minimum atomic E-state index is -1.62. The first-order chi connectivity index (χ1) is 7.97. The van der Waals surface area contributed by atoms with Crippen molar-refractivity contribution in [1.29, 1.82) is 0 Å². The van der Waals surface area contributed by atoms with Gasteiger partial charge in [0.05, 0.1) is 10.9 Å². The maximum Gasteiger partial charge on any atom is 0.195 e. The highest BCUT2D eigenvalue weighted by Gasteiger charge is 2.18. The van der Waals surface area contributed by atoms with Gasteiger partial charge in [0.25, 0.3) is 0 Å². The van der Waals surface area contributed by atoms with Crippen molar-refractivity contribution in [2.45, 2.75) is 20.3 Å². The lowest BCUT2D eigenvalue weighted by Crippen LogP contribution is -2.15. The second-order valence-electron chi connectivity index (χ2n) is 3.82. The lowest BCUT2D eigenvalue weighted by atomic mass is 10.1. The van der Waals surface area contributed by atoms with Gasteiger partial charge in [0.1, 0.15) is 0 Å². The van der Waals surface area contributed by atoms with Crippen LogP contribution in [-0.2, 0) is 6.42 Å². The number of aromatic amines is 1. The lowest BCUT2D eigenvalue weighted by molar-refractivity contribution is 0.453. The van der Waals surface area contributed by atoms with E-state index in [1.165, 1.54) is 0 Å². The van der Waals surface area contributed by atoms with Crippen LogP contribution in [0.3, 0.4) is 0 Å². The number of halogens is 3. The predicted octanol–water partition coefficient (Wildman–Crippen LogP) is 2.82. The number of aryl methyl sites for hydroxylation is 1. The third-order valence-corrected chi connectivity index (χ3v) is 2.79. The highest BCUT2D eigenvalue weighted by molar-refractivity contribution is 5.80. The fraction of sp³-hybridized carbons (Fsp3) is 0.250. The summed E-state index contributed by atoms with van der Waals surface area (Å²) in [5.74, 6) is -4.36. The Morgan fingerprint density at radius 2 is 1.88 bits per heavy atom. The molecule has 0 aliphatic heterocycles. The van der Waals surface area contributed by atoms with E-state index in [-0.39, 0.29) is 5.52 Å². The summed E-state index contributed by atoms with van der Waals surface area (Å²) in [4.78, 5) is 14.6. The van der Waals surface area contributed by atoms with Gasteiger partial charge in [-0.1, -0.05) is 6.92 Å². The molecule has 2 rings (SSSR count). The average molecular weight is 241 g/mol. The minimum Gasteiger partial charge on any atom is -0.358 e. The van der Waals surface area contributed by atoms with Crippen LogP contribution in [0.15, 0.2) is 10.9 Å². The maximum absolute atomic E-state index is 13.5. The van der Waals surface area contributed by atoms with E-state index in [0.29, 0.717) is 17.7 Å². The molecule has 0 saturated carbocycles. The van der Waals surface area contributed by atoms with Crippen LogP contribution in [0, 0.1) is 24.4 Å². The average Bonchev–Trinajstić information content (AvgIpc) is 2.26. The summed E-state index contributed by atoms with van der Waals surface area (Å²) < 4.78 is 39.6. The Hall–Kier alpha value is -1.78. The standard InChI is InChI=1S/C12H10F3NO/c1-3-6-5(2)16-8-4-7(13)10(14)11(15)9(8)12(6)17/h4H,3H2,1-2H3,(H,16,17). The van der Waals surface area contributed by atoms with Gasteiger partial charge in [0.15, 0.2) is 22.9 Å². The molecule has 0 atom stereocenters. The molecule has 1 aromatic carbocycles. The Balaban J connectivity index is 3.04. The van der Waals surface area contributed by atoms with E-state index in [4.69, 9.17) is 0 Å². The van der Waals surface area contributed by atoms with Crippen LogP contribution in [0.5, 0.6) is 0 Å². The molecule has 0 unspecified atom stereocenters. The molecule has 0 aliphatic rings. The maximum atomic E-state index is 13.5. The number of benzene rings is 1. The fourth-order valence-electron chi connectivity index (χ4n) is 1.94. The van der Waals surface area contributed by atoms with Crippen LogP contribution < -0.4 is 5.43 Å². The van der Waals surface area contributed by atoms with Crippen LogP contribution in [0.25, 0.3) is 10.9 Å². The molecular weight excluding hydrogens is 231 g/mol. The summed E-state index contributed by atoms with van der Waals surface area (Å²) in [7, 11) is 0. The largest absolute Gasteiger partial charge is 0.358 e. The van der Waals surface area contributed by atoms with E-state index in [0.717, 1.165) is 6.07 Å². The van der Waals surface area contributed by atoms with Crippen LogP contribution >= 0.6 is 0 Å². The molecule has 0 fully saturated rings. The number of hydrogen-bond donors (Lipinski definition) is 1. The summed E-state index contributed by atoms with van der Waals surface area (Å²) in [6.45, 7) is 3.38. The summed E-state index contributed by atoms with van der Waals surface area (Å²) in [6, 6.07) is 0.793. The molecule has 0 amide bonds. The minimum absolute atomic E-state index is 0.0268. The fourth-order valence-corrected chi connectivity index (χ4v) is 1.94. The Kier molecular flexibility index (Phi) is 2.69. The van der Waals surface area contributed by atoms with Gasteiger partial charge in [-0.05, 0) is 13.3 Å². The number of rotatable bonds is 1. The molecule has 5 heteroatoms. The second kappa shape index (κ2) is 3.91. The van der Waals surface area contributed by atoms with Crippen molar-refractivity contribution >= 4 is 10.9 Å². The molecule has 0 spiro atoms. The van der Waals surface area contributed by atoms with Gasteiger partial charge in [-0.2, -0.15) is 0 Å². The van der Waals surface area contributed by atoms with E-state index in [9.17, 15) is 18.0 Å². The molecule has 2 nitrogen and oxygen atoms in total. The SMILES string of the molecule is CCc1c(C)[nH]c2cc(F)c(F)c(F)c2c1=O. The molecule has 1 N–H and O–H groups in total. The normalized spacial score (nSPS) is 11.1. The number of aromatic nitrogens is 1. The predicted molar refractivity (Wildman–Crippen MR) is 58.6 cm³/mol. The summed E-state index contributed by atoms with van der Waals surface area (Å²) >= 11 is 0. The van der Waals surface area contributed by atoms with Crippen molar-refractivity contribution in [3.63, 3.8) is 0 Å². The van der Waals surface area contributed by atoms with Gasteiger partial charge < -0.3 is 4.98 Å². The molecule has 1 aromatic heterocycles. The van der Waals surface area contributed by atoms with E-state index in [2.05, 4.69) is 4.98 Å². The van der Waals surface area contributed by atoms with Gasteiger partial charge in [-0.15, -0.1) is 0 Å². The van der Waals surface area contributed by atoms with Crippen LogP contribution in [0.1, 0.15) is 18.2 Å². The quantitative estimate of drug-likeness (QED) is 0.765. The number of fused-ring (bicyclic) bond motifs is 1. The van der Waals surface area contributed by atoms with Crippen LogP contribution in [-0.4, -0.2) is 4.98 Å². The topological polar surface area (TPSA) is 32.9 Å². The second-order valence-corrected chi connectivity index (χ2v) is 3.82. The van der Waals surface area contributed by atoms with Gasteiger partial charge in [0.2, 0.25) is 0 Å². The van der Waals surface area contributed by atoms with Crippen molar-refractivity contribution in [1.82, 2.24) is 4.98 Å². The van der Waals surface area contributed by atoms with Gasteiger partial charge >= 0.3 is 0 Å². The zero-order chi connectivity index (χ0) is 12.7. The molecule has 0 aliphatic carbocycles. The van der Waals surface area contributed by atoms with Crippen molar-refractivity contribution in [3.05, 3.63) is 45.0 Å². The zero-order valence-electron chi connectivity index (χ0n) is 9.33. The first kappa shape index (κ1) is 11.7. The molecule has 0 bridgehead atoms. The zero-order valence-corrected chi connectivity index (χ0v) is 9.33. The van der Waals surface area contributed by atoms with Crippen molar-refractivity contribution < 1.29 is 13.2 Å². The first-order valence-corrected chi connectivity index (χ1v) is 5.16. The van der Waals surface area contributed by atoms with Crippen LogP contribution in [0.2, 0.25) is 0 Å². The molecule has 0 saturated heterocycles. The summed E-state index contributed by atoms with van der Waals surface area (Å²) in [5, 5.41) is -0.425. The highest BCUT2D eigenvalue weighted by Crippen LogP contribution is 2.20. The van der Waals surface area contributed by atoms with Crippen molar-refractivity contribution in [2.24, 2.45) is 0 Å². The number of hydrogen-bond acceptors (Lipinski definition) is 1. The summed E-state index contributed by atoms with van der Waals surface area (Å²) in [6.07, 6.45) is 0.398. The molecule has 90 valence electrons. The van der Waals surface area contributed by atoms with Gasteiger partial charge in [0, 0.05) is 17.3 Å². The number of nitrogens with one attached hydrogen (secondary N) is 1. The Morgan fingerprint density at radius 1 is 1.24 bits per heavy atom. The summed E-state index contributed by atoms with van der Waals surface area (Å²) in [5.41, 5.74) is 0.300. The van der Waals surface area contributed by atoms with Crippen molar-refractivity contribution in [2.75, 3.05) is 0 Å². The Bertz CT molecular complexity index is 661. The third kappa shape index (κ3) is 1.62. The van der Waals surface area contributed by atoms with Crippen molar-refractivity contribution in [3.8, 4) is 0 Å². The van der Waals surface area contributed by atoms with E-state index in [1.54, 1.807) is 13.8 Å². The Labute approximate surface area is 95.1 Å².